The van der Waals surface area contributed by atoms with Crippen molar-refractivity contribution in [1.82, 2.24) is 16.0 Å². The zero-order chi connectivity index (χ0) is 28.8. The van der Waals surface area contributed by atoms with Crippen LogP contribution in [0.3, 0.4) is 0 Å². The molecule has 5 rings (SSSR count). The Morgan fingerprint density at radius 3 is 2.27 bits per heavy atom. The molecule has 0 saturated carbocycles. The summed E-state index contributed by atoms with van der Waals surface area (Å²) in [6, 6.07) is 11.4. The van der Waals surface area contributed by atoms with Gasteiger partial charge in [-0.05, 0) is 29.8 Å². The monoisotopic (exact) mass is 587 g/mol. The number of rotatable bonds is 7. The molecule has 0 bridgehead atoms. The molecule has 0 radical (unpaired) electrons. The van der Waals surface area contributed by atoms with Gasteiger partial charge in [-0.2, -0.15) is 0 Å². The van der Waals surface area contributed by atoms with E-state index in [2.05, 4.69) is 10.9 Å². The molecule has 0 aliphatic carbocycles. The maximum atomic E-state index is 13.2. The third-order valence-electron chi connectivity index (χ3n) is 6.32. The maximum Gasteiger partial charge on any atom is 0.343 e. The number of carbonyl (C=O) groups is 4. The standard InChI is InChI=1S/C26H19Cl2N3O9/c27-9-19(34)29-31(30-20(35)10-28)11-12-7-13(32)8-18-22(12)26(15-4-2-1-3-14(15)25(38)40-26)16-5-6-17(33)21(24(36)37)23(16)39-18/h1-8,32-33H,9-11H2,(H,29,34)(H,30,35)(H,36,37). The summed E-state index contributed by atoms with van der Waals surface area (Å²) >= 11 is 11.3. The number of alkyl halides is 2. The largest absolute Gasteiger partial charge is 0.508 e. The fourth-order valence-electron chi connectivity index (χ4n) is 4.91. The van der Waals surface area contributed by atoms with E-state index >= 15 is 0 Å². The van der Waals surface area contributed by atoms with Crippen molar-refractivity contribution in [3.8, 4) is 23.0 Å². The second-order valence-corrected chi connectivity index (χ2v) is 9.30. The minimum atomic E-state index is -1.81. The van der Waals surface area contributed by atoms with Gasteiger partial charge in [-0.1, -0.05) is 18.2 Å². The minimum Gasteiger partial charge on any atom is -0.508 e. The molecule has 0 saturated heterocycles. The Balaban J connectivity index is 1.79. The Labute approximate surface area is 235 Å². The van der Waals surface area contributed by atoms with Gasteiger partial charge in [0.15, 0.2) is 11.4 Å². The fourth-order valence-corrected chi connectivity index (χ4v) is 5.03. The highest BCUT2D eigenvalue weighted by molar-refractivity contribution is 6.27. The molecule has 2 aliphatic heterocycles. The molecule has 1 spiro atoms. The number of aromatic carboxylic acids is 1. The molecule has 3 aromatic rings. The van der Waals surface area contributed by atoms with Gasteiger partial charge >= 0.3 is 11.9 Å². The fraction of sp³-hybridized carbons (Fsp3) is 0.154. The van der Waals surface area contributed by atoms with Crippen molar-refractivity contribution in [3.63, 3.8) is 0 Å². The summed E-state index contributed by atoms with van der Waals surface area (Å²) in [5, 5.41) is 31.9. The molecular formula is C26H19Cl2N3O9. The van der Waals surface area contributed by atoms with Crippen LogP contribution in [0.2, 0.25) is 0 Å². The average Bonchev–Trinajstić information content (AvgIpc) is 3.20. The molecule has 2 amide bonds. The number of aromatic hydroxyl groups is 2. The van der Waals surface area contributed by atoms with E-state index in [0.717, 1.165) is 11.2 Å². The Morgan fingerprint density at radius 2 is 1.62 bits per heavy atom. The Morgan fingerprint density at radius 1 is 0.950 bits per heavy atom. The molecule has 40 heavy (non-hydrogen) atoms. The van der Waals surface area contributed by atoms with E-state index in [-0.39, 0.29) is 46.0 Å². The lowest BCUT2D eigenvalue weighted by Gasteiger charge is -2.39. The number of hydrogen-bond acceptors (Lipinski definition) is 9. The lowest BCUT2D eigenvalue weighted by atomic mass is 9.75. The number of halogens is 2. The number of nitrogens with zero attached hydrogens (tertiary/aromatic N) is 1. The van der Waals surface area contributed by atoms with Crippen molar-refractivity contribution in [2.45, 2.75) is 12.1 Å². The molecule has 2 heterocycles. The van der Waals surface area contributed by atoms with Gasteiger partial charge in [0.1, 0.15) is 34.6 Å². The van der Waals surface area contributed by atoms with Crippen LogP contribution in [-0.4, -0.2) is 56.0 Å². The summed E-state index contributed by atoms with van der Waals surface area (Å²) in [5.74, 6) is -5.82. The van der Waals surface area contributed by atoms with Crippen molar-refractivity contribution in [2.24, 2.45) is 0 Å². The summed E-state index contributed by atoms with van der Waals surface area (Å²) in [6.07, 6.45) is 0. The summed E-state index contributed by atoms with van der Waals surface area (Å²) < 4.78 is 12.0. The lowest BCUT2D eigenvalue weighted by molar-refractivity contribution is -0.131. The average molecular weight is 588 g/mol. The smallest absolute Gasteiger partial charge is 0.343 e. The van der Waals surface area contributed by atoms with Gasteiger partial charge in [0.25, 0.3) is 11.8 Å². The van der Waals surface area contributed by atoms with Crippen molar-refractivity contribution in [1.29, 1.82) is 0 Å². The van der Waals surface area contributed by atoms with Crippen LogP contribution in [-0.2, 0) is 26.5 Å². The number of phenolic OH excluding ortho intramolecular Hbond substituents is 1. The molecule has 14 heteroatoms. The molecule has 5 N–H and O–H groups in total. The maximum absolute atomic E-state index is 13.2. The molecule has 0 fully saturated rings. The van der Waals surface area contributed by atoms with Crippen LogP contribution in [0.5, 0.6) is 23.0 Å². The first-order valence-electron chi connectivity index (χ1n) is 11.6. The van der Waals surface area contributed by atoms with Crippen LogP contribution in [0.1, 0.15) is 43.0 Å². The highest BCUT2D eigenvalue weighted by Crippen LogP contribution is 2.59. The Kier molecular flexibility index (Phi) is 6.92. The van der Waals surface area contributed by atoms with Crippen LogP contribution in [0, 0.1) is 0 Å². The van der Waals surface area contributed by atoms with Crippen molar-refractivity contribution < 1.29 is 44.0 Å². The van der Waals surface area contributed by atoms with Crippen molar-refractivity contribution in [3.05, 3.63) is 81.9 Å². The molecule has 0 aromatic heterocycles. The molecule has 12 nitrogen and oxygen atoms in total. The first kappa shape index (κ1) is 27.1. The highest BCUT2D eigenvalue weighted by Gasteiger charge is 2.55. The highest BCUT2D eigenvalue weighted by atomic mass is 35.5. The zero-order valence-corrected chi connectivity index (χ0v) is 21.7. The molecule has 1 atom stereocenters. The second-order valence-electron chi connectivity index (χ2n) is 8.76. The molecule has 1 unspecified atom stereocenters. The zero-order valence-electron chi connectivity index (χ0n) is 20.2. The van der Waals surface area contributed by atoms with E-state index in [0.29, 0.717) is 5.56 Å². The van der Waals surface area contributed by atoms with Crippen molar-refractivity contribution >= 4 is 47.0 Å². The number of ether oxygens (including phenoxy) is 2. The van der Waals surface area contributed by atoms with Crippen molar-refractivity contribution in [2.75, 3.05) is 11.8 Å². The van der Waals surface area contributed by atoms with E-state index in [1.807, 2.05) is 0 Å². The van der Waals surface area contributed by atoms with Gasteiger partial charge in [0.2, 0.25) is 0 Å². The first-order chi connectivity index (χ1) is 19.1. The summed E-state index contributed by atoms with van der Waals surface area (Å²) in [6.45, 7) is -0.327. The number of phenols is 2. The predicted molar refractivity (Wildman–Crippen MR) is 138 cm³/mol. The van der Waals surface area contributed by atoms with Gasteiger partial charge in [-0.25, -0.2) is 9.59 Å². The number of amides is 2. The minimum absolute atomic E-state index is 0.0848. The molecule has 206 valence electrons. The molecule has 2 aliphatic rings. The third-order valence-corrected chi connectivity index (χ3v) is 6.81. The van der Waals surface area contributed by atoms with Gasteiger partial charge < -0.3 is 24.8 Å². The van der Waals surface area contributed by atoms with Crippen LogP contribution in [0.25, 0.3) is 0 Å². The third kappa shape index (κ3) is 4.31. The normalized spacial score (nSPS) is 16.4. The molecular weight excluding hydrogens is 569 g/mol. The molecule has 3 aromatic carbocycles. The number of fused-ring (bicyclic) bond motifs is 6. The van der Waals surface area contributed by atoms with E-state index in [9.17, 15) is 34.5 Å². The van der Waals surface area contributed by atoms with Gasteiger partial charge in [0, 0.05) is 17.2 Å². The van der Waals surface area contributed by atoms with Gasteiger partial charge in [-0.3, -0.25) is 20.4 Å². The van der Waals surface area contributed by atoms with Gasteiger partial charge in [-0.15, -0.1) is 28.3 Å². The number of carboxylic acids is 1. The predicted octanol–water partition coefficient (Wildman–Crippen LogP) is 2.71. The summed E-state index contributed by atoms with van der Waals surface area (Å²) in [7, 11) is 0. The quantitative estimate of drug-likeness (QED) is 0.157. The second kappa shape index (κ2) is 10.2. The van der Waals surface area contributed by atoms with E-state index in [4.69, 9.17) is 32.7 Å². The number of hydrogen-bond donors (Lipinski definition) is 5. The van der Waals surface area contributed by atoms with Gasteiger partial charge in [0.05, 0.1) is 17.7 Å². The number of esters is 1. The lowest BCUT2D eigenvalue weighted by Crippen LogP contribution is -2.53. The summed E-state index contributed by atoms with van der Waals surface area (Å²) in [5.41, 5.74) is 3.37. The summed E-state index contributed by atoms with van der Waals surface area (Å²) in [4.78, 5) is 49.5. The number of hydrazine groups is 2. The van der Waals surface area contributed by atoms with E-state index in [1.165, 1.54) is 24.3 Å². The van der Waals surface area contributed by atoms with Crippen LogP contribution < -0.4 is 15.6 Å². The topological polar surface area (TPSA) is 175 Å². The Hall–Kier alpha value is -4.52. The van der Waals surface area contributed by atoms with E-state index in [1.54, 1.807) is 18.2 Å². The first-order valence-corrected chi connectivity index (χ1v) is 12.6. The number of nitrogens with one attached hydrogen (secondary N) is 2. The number of carbonyl (C=O) groups excluding carboxylic acids is 3. The van der Waals surface area contributed by atoms with E-state index < -0.39 is 52.4 Å². The van der Waals surface area contributed by atoms with Crippen LogP contribution >= 0.6 is 23.2 Å². The van der Waals surface area contributed by atoms with Crippen LogP contribution in [0.4, 0.5) is 0 Å². The SMILES string of the molecule is O=C(CCl)NN(Cc1cc(O)cc2c1C1(OC(=O)c3ccccc31)c1ccc(O)c(C(=O)O)c1O2)NC(=O)CCl. The van der Waals surface area contributed by atoms with Crippen LogP contribution in [0.15, 0.2) is 48.5 Å². The number of benzene rings is 3. The Bertz CT molecular complexity index is 1580. The number of carboxylic acid groups (broad SMARTS) is 1.